The molecular weight excluding hydrogens is 232 g/mol. The monoisotopic (exact) mass is 244 g/mol. The molecule has 90 valence electrons. The molecule has 19 heavy (non-hydrogen) atoms. The van der Waals surface area contributed by atoms with Gasteiger partial charge in [0.1, 0.15) is 0 Å². The van der Waals surface area contributed by atoms with Crippen molar-refractivity contribution in [3.63, 3.8) is 0 Å². The fourth-order valence-corrected chi connectivity index (χ4v) is 2.34. The number of pyridine rings is 1. The highest BCUT2D eigenvalue weighted by Crippen LogP contribution is 2.29. The van der Waals surface area contributed by atoms with Crippen molar-refractivity contribution in [2.75, 3.05) is 0 Å². The number of hydrogen-bond donors (Lipinski definition) is 0. The fourth-order valence-electron chi connectivity index (χ4n) is 2.34. The van der Waals surface area contributed by atoms with Crippen LogP contribution in [0.15, 0.2) is 66.9 Å². The summed E-state index contributed by atoms with van der Waals surface area (Å²) in [6.45, 7) is 0. The van der Waals surface area contributed by atoms with E-state index in [9.17, 15) is 5.26 Å². The maximum absolute atomic E-state index is 9.52. The molecule has 0 amide bonds. The van der Waals surface area contributed by atoms with Gasteiger partial charge in [-0.3, -0.25) is 4.98 Å². The lowest BCUT2D eigenvalue weighted by molar-refractivity contribution is 1.05. The number of nitriles is 1. The summed E-state index contributed by atoms with van der Waals surface area (Å²) in [5.41, 5.74) is 2.96. The Kier molecular flexibility index (Phi) is 2.96. The molecule has 2 heteroatoms. The molecule has 0 spiro atoms. The van der Waals surface area contributed by atoms with Crippen LogP contribution in [0.4, 0.5) is 0 Å². The molecule has 0 N–H and O–H groups in total. The van der Waals surface area contributed by atoms with Crippen LogP contribution in [0, 0.1) is 11.3 Å². The van der Waals surface area contributed by atoms with Crippen LogP contribution in [0.25, 0.3) is 10.9 Å². The Morgan fingerprint density at radius 2 is 1.63 bits per heavy atom. The first kappa shape index (κ1) is 11.4. The zero-order valence-electron chi connectivity index (χ0n) is 10.3. The summed E-state index contributed by atoms with van der Waals surface area (Å²) in [6.07, 6.45) is 1.77. The topological polar surface area (TPSA) is 36.7 Å². The average molecular weight is 244 g/mol. The second-order valence-corrected chi connectivity index (χ2v) is 4.39. The van der Waals surface area contributed by atoms with E-state index in [2.05, 4.69) is 11.1 Å². The number of para-hydroxylation sites is 1. The van der Waals surface area contributed by atoms with Crippen LogP contribution in [-0.4, -0.2) is 4.98 Å². The van der Waals surface area contributed by atoms with Crippen molar-refractivity contribution in [3.8, 4) is 6.07 Å². The smallest absolute Gasteiger partial charge is 0.0969 e. The minimum absolute atomic E-state index is 0.255. The van der Waals surface area contributed by atoms with Crippen molar-refractivity contribution >= 4 is 10.9 Å². The lowest BCUT2D eigenvalue weighted by atomic mass is 9.90. The SMILES string of the molecule is N#CC(c1ccccc1)c1ccnc2ccccc12. The van der Waals surface area contributed by atoms with Crippen LogP contribution >= 0.6 is 0 Å². The summed E-state index contributed by atoms with van der Waals surface area (Å²) >= 11 is 0. The van der Waals surface area contributed by atoms with Crippen LogP contribution in [0.1, 0.15) is 17.0 Å². The first-order chi connectivity index (χ1) is 9.40. The molecule has 3 rings (SSSR count). The Bertz CT molecular complexity index is 737. The molecule has 0 radical (unpaired) electrons. The van der Waals surface area contributed by atoms with Crippen molar-refractivity contribution < 1.29 is 0 Å². The molecular formula is C17H12N2. The summed E-state index contributed by atoms with van der Waals surface area (Å²) in [7, 11) is 0. The zero-order valence-corrected chi connectivity index (χ0v) is 10.3. The molecule has 0 bridgehead atoms. The first-order valence-corrected chi connectivity index (χ1v) is 6.18. The minimum Gasteiger partial charge on any atom is -0.256 e. The summed E-state index contributed by atoms with van der Waals surface area (Å²) in [5, 5.41) is 10.6. The van der Waals surface area contributed by atoms with Gasteiger partial charge in [-0.15, -0.1) is 0 Å². The number of rotatable bonds is 2. The van der Waals surface area contributed by atoms with Crippen LogP contribution in [0.3, 0.4) is 0 Å². The minimum atomic E-state index is -0.255. The Balaban J connectivity index is 2.21. The molecule has 0 aliphatic rings. The maximum atomic E-state index is 9.52. The first-order valence-electron chi connectivity index (χ1n) is 6.18. The molecule has 3 aromatic rings. The molecule has 0 saturated carbocycles. The lowest BCUT2D eigenvalue weighted by Crippen LogP contribution is -1.99. The van der Waals surface area contributed by atoms with Crippen molar-refractivity contribution in [2.24, 2.45) is 0 Å². The Morgan fingerprint density at radius 1 is 0.895 bits per heavy atom. The standard InChI is InChI=1S/C17H12N2/c18-12-16(13-6-2-1-3-7-13)14-10-11-19-17-9-5-4-8-15(14)17/h1-11,16H. The van der Waals surface area contributed by atoms with E-state index in [-0.39, 0.29) is 5.92 Å². The second-order valence-electron chi connectivity index (χ2n) is 4.39. The number of benzene rings is 2. The quantitative estimate of drug-likeness (QED) is 0.685. The van der Waals surface area contributed by atoms with Crippen molar-refractivity contribution in [1.29, 1.82) is 5.26 Å². The van der Waals surface area contributed by atoms with Crippen molar-refractivity contribution in [2.45, 2.75) is 5.92 Å². The van der Waals surface area contributed by atoms with Crippen molar-refractivity contribution in [3.05, 3.63) is 78.0 Å². The van der Waals surface area contributed by atoms with Crippen LogP contribution < -0.4 is 0 Å². The van der Waals surface area contributed by atoms with E-state index in [1.165, 1.54) is 0 Å². The van der Waals surface area contributed by atoms with Gasteiger partial charge in [0.2, 0.25) is 0 Å². The predicted molar refractivity (Wildman–Crippen MR) is 75.6 cm³/mol. The Morgan fingerprint density at radius 3 is 2.42 bits per heavy atom. The van der Waals surface area contributed by atoms with E-state index in [1.807, 2.05) is 60.7 Å². The molecule has 0 fully saturated rings. The Labute approximate surface area is 112 Å². The highest BCUT2D eigenvalue weighted by molar-refractivity contribution is 5.83. The number of aromatic nitrogens is 1. The zero-order chi connectivity index (χ0) is 13.1. The van der Waals surface area contributed by atoms with Gasteiger partial charge in [0.25, 0.3) is 0 Å². The van der Waals surface area contributed by atoms with Gasteiger partial charge < -0.3 is 0 Å². The third-order valence-corrected chi connectivity index (χ3v) is 3.26. The number of fused-ring (bicyclic) bond motifs is 1. The van der Waals surface area contributed by atoms with E-state index in [1.54, 1.807) is 6.20 Å². The molecule has 1 unspecified atom stereocenters. The molecule has 2 aromatic carbocycles. The average Bonchev–Trinajstić information content (AvgIpc) is 2.49. The van der Waals surface area contributed by atoms with Gasteiger partial charge in [0.05, 0.1) is 17.5 Å². The third kappa shape index (κ3) is 2.07. The summed E-state index contributed by atoms with van der Waals surface area (Å²) in [6, 6.07) is 22.1. The number of nitrogens with zero attached hydrogens (tertiary/aromatic N) is 2. The van der Waals surface area contributed by atoms with E-state index in [0.717, 1.165) is 22.0 Å². The summed E-state index contributed by atoms with van der Waals surface area (Å²) < 4.78 is 0. The van der Waals surface area contributed by atoms with E-state index < -0.39 is 0 Å². The van der Waals surface area contributed by atoms with E-state index >= 15 is 0 Å². The molecule has 2 nitrogen and oxygen atoms in total. The molecule has 0 aliphatic heterocycles. The fraction of sp³-hybridized carbons (Fsp3) is 0.0588. The van der Waals surface area contributed by atoms with E-state index in [4.69, 9.17) is 0 Å². The summed E-state index contributed by atoms with van der Waals surface area (Å²) in [5.74, 6) is -0.255. The van der Waals surface area contributed by atoms with Gasteiger partial charge in [-0.25, -0.2) is 0 Å². The molecule has 1 atom stereocenters. The molecule has 0 saturated heterocycles. The van der Waals surface area contributed by atoms with Gasteiger partial charge in [-0.1, -0.05) is 48.5 Å². The predicted octanol–water partition coefficient (Wildman–Crippen LogP) is 3.89. The highest BCUT2D eigenvalue weighted by Gasteiger charge is 2.15. The number of hydrogen-bond acceptors (Lipinski definition) is 2. The molecule has 1 heterocycles. The normalized spacial score (nSPS) is 11.9. The van der Waals surface area contributed by atoms with Crippen LogP contribution in [-0.2, 0) is 0 Å². The largest absolute Gasteiger partial charge is 0.256 e. The van der Waals surface area contributed by atoms with Gasteiger partial charge >= 0.3 is 0 Å². The van der Waals surface area contributed by atoms with Crippen molar-refractivity contribution in [1.82, 2.24) is 4.98 Å². The lowest BCUT2D eigenvalue weighted by Gasteiger charge is -2.12. The van der Waals surface area contributed by atoms with Gasteiger partial charge in [-0.2, -0.15) is 5.26 Å². The summed E-state index contributed by atoms with van der Waals surface area (Å²) in [4.78, 5) is 4.34. The van der Waals surface area contributed by atoms with Gasteiger partial charge in [0.15, 0.2) is 0 Å². The van der Waals surface area contributed by atoms with Gasteiger partial charge in [-0.05, 0) is 23.3 Å². The Hall–Kier alpha value is -2.66. The maximum Gasteiger partial charge on any atom is 0.0969 e. The van der Waals surface area contributed by atoms with Crippen LogP contribution in [0.2, 0.25) is 0 Å². The highest BCUT2D eigenvalue weighted by atomic mass is 14.6. The second kappa shape index (κ2) is 4.91. The third-order valence-electron chi connectivity index (χ3n) is 3.26. The molecule has 0 aliphatic carbocycles. The van der Waals surface area contributed by atoms with Crippen LogP contribution in [0.5, 0.6) is 0 Å². The molecule has 1 aromatic heterocycles. The van der Waals surface area contributed by atoms with E-state index in [0.29, 0.717) is 0 Å². The van der Waals surface area contributed by atoms with Gasteiger partial charge in [0, 0.05) is 11.6 Å².